The monoisotopic (exact) mass is 432 g/mol. The third-order valence-electron chi connectivity index (χ3n) is 5.54. The molecule has 3 N–H and O–H groups in total. The van der Waals surface area contributed by atoms with E-state index in [-0.39, 0.29) is 6.61 Å². The number of hydrogen-bond acceptors (Lipinski definition) is 4. The second-order valence-electron chi connectivity index (χ2n) is 7.93. The van der Waals surface area contributed by atoms with E-state index in [9.17, 15) is 15.0 Å². The Morgan fingerprint density at radius 1 is 0.781 bits per heavy atom. The number of amides is 1. The average Bonchev–Trinajstić information content (AvgIpc) is 2.83. The molecule has 2 unspecified atom stereocenters. The van der Waals surface area contributed by atoms with Gasteiger partial charge >= 0.3 is 0 Å². The van der Waals surface area contributed by atoms with Gasteiger partial charge in [-0.05, 0) is 29.5 Å². The summed E-state index contributed by atoms with van der Waals surface area (Å²) >= 11 is 0. The van der Waals surface area contributed by atoms with Crippen LogP contribution in [0.1, 0.15) is 23.1 Å². The first-order valence-electron chi connectivity index (χ1n) is 11.1. The van der Waals surface area contributed by atoms with Gasteiger partial charge in [0.2, 0.25) is 5.91 Å². The zero-order valence-corrected chi connectivity index (χ0v) is 18.3. The minimum Gasteiger partial charge on any atom is -0.396 e. The Morgan fingerprint density at radius 2 is 1.25 bits per heavy atom. The number of rotatable bonds is 12. The lowest BCUT2D eigenvalue weighted by Crippen LogP contribution is -2.51. The van der Waals surface area contributed by atoms with Crippen LogP contribution < -0.4 is 5.32 Å². The maximum Gasteiger partial charge on any atom is 0.250 e. The minimum atomic E-state index is -1.25. The van der Waals surface area contributed by atoms with Gasteiger partial charge in [-0.3, -0.25) is 9.69 Å². The molecule has 1 amide bonds. The third-order valence-corrected chi connectivity index (χ3v) is 5.54. The van der Waals surface area contributed by atoms with Gasteiger partial charge in [0.25, 0.3) is 0 Å². The van der Waals surface area contributed by atoms with Gasteiger partial charge in [-0.2, -0.15) is 0 Å². The van der Waals surface area contributed by atoms with Crippen molar-refractivity contribution in [3.63, 3.8) is 0 Å². The SMILES string of the molecule is O=C(NCCc1ccccc1)C(O)C(CCO)N(Cc1ccccc1)Cc1ccccc1. The molecule has 3 rings (SSSR count). The van der Waals surface area contributed by atoms with Crippen LogP contribution in [0.5, 0.6) is 0 Å². The molecule has 0 fully saturated rings. The molecule has 0 aliphatic rings. The zero-order chi connectivity index (χ0) is 22.6. The largest absolute Gasteiger partial charge is 0.396 e. The van der Waals surface area contributed by atoms with E-state index in [0.717, 1.165) is 16.7 Å². The maximum absolute atomic E-state index is 12.8. The van der Waals surface area contributed by atoms with Crippen LogP contribution in [0.25, 0.3) is 0 Å². The third kappa shape index (κ3) is 7.31. The van der Waals surface area contributed by atoms with Crippen LogP contribution in [-0.4, -0.2) is 46.3 Å². The number of carbonyl (C=O) groups excluding carboxylic acids is 1. The van der Waals surface area contributed by atoms with Crippen molar-refractivity contribution in [3.8, 4) is 0 Å². The number of nitrogens with one attached hydrogen (secondary N) is 1. The summed E-state index contributed by atoms with van der Waals surface area (Å²) < 4.78 is 0. The molecule has 0 aliphatic carbocycles. The molecule has 3 aromatic rings. The lowest BCUT2D eigenvalue weighted by Gasteiger charge is -2.34. The van der Waals surface area contributed by atoms with Crippen LogP contribution >= 0.6 is 0 Å². The Hall–Kier alpha value is -2.99. The smallest absolute Gasteiger partial charge is 0.250 e. The Balaban J connectivity index is 1.71. The molecular weight excluding hydrogens is 400 g/mol. The Labute approximate surface area is 190 Å². The normalized spacial score (nSPS) is 13.0. The van der Waals surface area contributed by atoms with Crippen LogP contribution in [0.4, 0.5) is 0 Å². The van der Waals surface area contributed by atoms with Gasteiger partial charge < -0.3 is 15.5 Å². The first kappa shape index (κ1) is 23.7. The summed E-state index contributed by atoms with van der Waals surface area (Å²) in [6.07, 6.45) is -0.250. The Morgan fingerprint density at radius 3 is 1.72 bits per heavy atom. The highest BCUT2D eigenvalue weighted by Gasteiger charge is 2.31. The number of nitrogens with zero attached hydrogens (tertiary/aromatic N) is 1. The van der Waals surface area contributed by atoms with Crippen molar-refractivity contribution >= 4 is 5.91 Å². The number of hydrogen-bond donors (Lipinski definition) is 3. The summed E-state index contributed by atoms with van der Waals surface area (Å²) in [6, 6.07) is 29.3. The van der Waals surface area contributed by atoms with E-state index in [1.165, 1.54) is 0 Å². The van der Waals surface area contributed by atoms with Crippen molar-refractivity contribution in [2.75, 3.05) is 13.2 Å². The van der Waals surface area contributed by atoms with E-state index in [1.54, 1.807) is 0 Å². The lowest BCUT2D eigenvalue weighted by molar-refractivity contribution is -0.133. The second-order valence-corrected chi connectivity index (χ2v) is 7.93. The van der Waals surface area contributed by atoms with Crippen LogP contribution in [0.15, 0.2) is 91.0 Å². The Kier molecular flexibility index (Phi) is 9.44. The van der Waals surface area contributed by atoms with E-state index in [4.69, 9.17) is 0 Å². The number of aliphatic hydroxyl groups is 2. The molecule has 0 saturated carbocycles. The highest BCUT2D eigenvalue weighted by atomic mass is 16.3. The summed E-state index contributed by atoms with van der Waals surface area (Å²) in [6.45, 7) is 1.46. The van der Waals surface area contributed by atoms with Crippen molar-refractivity contribution < 1.29 is 15.0 Å². The predicted octanol–water partition coefficient (Wildman–Crippen LogP) is 3.16. The highest BCUT2D eigenvalue weighted by Crippen LogP contribution is 2.18. The van der Waals surface area contributed by atoms with Gasteiger partial charge in [0.05, 0.1) is 0 Å². The molecule has 0 aromatic heterocycles. The van der Waals surface area contributed by atoms with Gasteiger partial charge in [-0.15, -0.1) is 0 Å². The molecule has 0 aliphatic heterocycles. The van der Waals surface area contributed by atoms with Crippen LogP contribution in [-0.2, 0) is 24.3 Å². The summed E-state index contributed by atoms with van der Waals surface area (Å²) in [7, 11) is 0. The molecule has 0 spiro atoms. The van der Waals surface area contributed by atoms with Crippen molar-refractivity contribution in [1.82, 2.24) is 10.2 Å². The van der Waals surface area contributed by atoms with E-state index in [0.29, 0.717) is 32.5 Å². The van der Waals surface area contributed by atoms with Gasteiger partial charge in [0, 0.05) is 32.3 Å². The second kappa shape index (κ2) is 12.8. The quantitative estimate of drug-likeness (QED) is 0.411. The van der Waals surface area contributed by atoms with E-state index >= 15 is 0 Å². The lowest BCUT2D eigenvalue weighted by atomic mass is 10.0. The molecule has 0 saturated heterocycles. The van der Waals surface area contributed by atoms with Gasteiger partial charge in [-0.25, -0.2) is 0 Å². The molecule has 0 radical (unpaired) electrons. The fourth-order valence-corrected chi connectivity index (χ4v) is 3.85. The molecule has 168 valence electrons. The fraction of sp³-hybridized carbons (Fsp3) is 0.296. The van der Waals surface area contributed by atoms with E-state index in [1.807, 2.05) is 91.0 Å². The highest BCUT2D eigenvalue weighted by molar-refractivity contribution is 5.81. The fourth-order valence-electron chi connectivity index (χ4n) is 3.85. The molecule has 5 nitrogen and oxygen atoms in total. The van der Waals surface area contributed by atoms with Crippen molar-refractivity contribution in [2.24, 2.45) is 0 Å². The van der Waals surface area contributed by atoms with Crippen molar-refractivity contribution in [1.29, 1.82) is 0 Å². The molecular formula is C27H32N2O3. The number of carbonyl (C=O) groups is 1. The molecule has 5 heteroatoms. The summed E-state index contributed by atoms with van der Waals surface area (Å²) in [4.78, 5) is 14.9. The average molecular weight is 433 g/mol. The van der Waals surface area contributed by atoms with E-state index < -0.39 is 18.1 Å². The van der Waals surface area contributed by atoms with Gasteiger partial charge in [0.1, 0.15) is 6.10 Å². The number of aliphatic hydroxyl groups excluding tert-OH is 2. The molecule has 3 aromatic carbocycles. The van der Waals surface area contributed by atoms with E-state index in [2.05, 4.69) is 10.2 Å². The van der Waals surface area contributed by atoms with Crippen LogP contribution in [0, 0.1) is 0 Å². The zero-order valence-electron chi connectivity index (χ0n) is 18.3. The minimum absolute atomic E-state index is 0.112. The maximum atomic E-state index is 12.8. The van der Waals surface area contributed by atoms with Gasteiger partial charge in [0.15, 0.2) is 0 Å². The van der Waals surface area contributed by atoms with Crippen molar-refractivity contribution in [3.05, 3.63) is 108 Å². The van der Waals surface area contributed by atoms with Crippen LogP contribution in [0.2, 0.25) is 0 Å². The summed E-state index contributed by atoms with van der Waals surface area (Å²) in [5, 5.41) is 23.5. The summed E-state index contributed by atoms with van der Waals surface area (Å²) in [5.41, 5.74) is 3.30. The van der Waals surface area contributed by atoms with Crippen molar-refractivity contribution in [2.45, 2.75) is 38.1 Å². The Bertz CT molecular complexity index is 878. The topological polar surface area (TPSA) is 72.8 Å². The summed E-state index contributed by atoms with van der Waals surface area (Å²) in [5.74, 6) is -0.412. The van der Waals surface area contributed by atoms with Gasteiger partial charge in [-0.1, -0.05) is 91.0 Å². The first-order chi connectivity index (χ1) is 15.7. The predicted molar refractivity (Wildman–Crippen MR) is 127 cm³/mol. The first-order valence-corrected chi connectivity index (χ1v) is 11.1. The van der Waals surface area contributed by atoms with Crippen LogP contribution in [0.3, 0.4) is 0 Å². The number of benzene rings is 3. The molecule has 0 bridgehead atoms. The molecule has 32 heavy (non-hydrogen) atoms. The molecule has 0 heterocycles. The standard InChI is InChI=1S/C27H32N2O3/c30-19-17-25(26(31)27(32)28-18-16-22-10-4-1-5-11-22)29(20-23-12-6-2-7-13-23)21-24-14-8-3-9-15-24/h1-15,25-26,30-31H,16-21H2,(H,28,32). The molecule has 2 atom stereocenters.